The summed E-state index contributed by atoms with van der Waals surface area (Å²) in [5, 5.41) is 6.03. The van der Waals surface area contributed by atoms with Crippen LogP contribution in [0.25, 0.3) is 44.5 Å². The average Bonchev–Trinajstić information content (AvgIpc) is 3.40. The minimum Gasteiger partial charge on any atom is -0.268 e. The van der Waals surface area contributed by atoms with Crippen LogP contribution in [0, 0.1) is 12.7 Å². The van der Waals surface area contributed by atoms with Crippen LogP contribution in [-0.4, -0.2) is 19.7 Å². The Balaban J connectivity index is 1.60. The fourth-order valence-electron chi connectivity index (χ4n) is 4.66. The number of hydrogen-bond donors (Lipinski definition) is 0. The largest absolute Gasteiger partial charge is 0.268 e. The highest BCUT2D eigenvalue weighted by molar-refractivity contribution is 6.00. The molecular weight excluding hydrogens is 399 g/mol. The molecule has 1 aliphatic heterocycles. The Hall–Kier alpha value is -3.86. The first-order valence-electron chi connectivity index (χ1n) is 10.9. The molecule has 2 aromatic carbocycles. The van der Waals surface area contributed by atoms with Crippen molar-refractivity contribution < 1.29 is 4.39 Å². The zero-order valence-electron chi connectivity index (χ0n) is 17.7. The Morgan fingerprint density at radius 2 is 1.78 bits per heavy atom. The number of benzene rings is 2. The van der Waals surface area contributed by atoms with Crippen molar-refractivity contribution in [3.8, 4) is 33.6 Å². The van der Waals surface area contributed by atoms with Crippen LogP contribution in [0.3, 0.4) is 0 Å². The van der Waals surface area contributed by atoms with E-state index in [-0.39, 0.29) is 5.82 Å². The lowest BCUT2D eigenvalue weighted by Crippen LogP contribution is -1.95. The lowest BCUT2D eigenvalue weighted by Gasteiger charge is -2.11. The fraction of sp³-hybridized carbons (Fsp3) is 0.148. The van der Waals surface area contributed by atoms with Gasteiger partial charge in [0.1, 0.15) is 11.5 Å². The molecule has 0 spiro atoms. The summed E-state index contributed by atoms with van der Waals surface area (Å²) < 4.78 is 15.6. The summed E-state index contributed by atoms with van der Waals surface area (Å²) in [5.74, 6) is -0.234. The fourth-order valence-corrected chi connectivity index (χ4v) is 4.66. The molecule has 3 aromatic heterocycles. The number of pyridine rings is 2. The molecule has 0 unspecified atom stereocenters. The van der Waals surface area contributed by atoms with Gasteiger partial charge in [-0.15, -0.1) is 0 Å². The minimum absolute atomic E-state index is 0.234. The number of fused-ring (bicyclic) bond motifs is 2. The van der Waals surface area contributed by atoms with Gasteiger partial charge in [0.05, 0.1) is 11.2 Å². The van der Waals surface area contributed by atoms with Crippen LogP contribution < -0.4 is 0 Å². The summed E-state index contributed by atoms with van der Waals surface area (Å²) in [6, 6.07) is 21.0. The molecule has 0 N–H and O–H groups in total. The molecule has 6 rings (SSSR count). The van der Waals surface area contributed by atoms with Gasteiger partial charge in [-0.3, -0.25) is 14.6 Å². The van der Waals surface area contributed by atoms with Crippen molar-refractivity contribution >= 4 is 10.9 Å². The van der Waals surface area contributed by atoms with Gasteiger partial charge < -0.3 is 0 Å². The molecule has 0 radical (unpaired) electrons. The summed E-state index contributed by atoms with van der Waals surface area (Å²) in [4.78, 5) is 9.38. The van der Waals surface area contributed by atoms with E-state index >= 15 is 0 Å². The number of nitrogens with zero attached hydrogens (tertiary/aromatic N) is 4. The van der Waals surface area contributed by atoms with Gasteiger partial charge in [-0.25, -0.2) is 4.39 Å². The third-order valence-electron chi connectivity index (χ3n) is 6.16. The molecule has 0 aliphatic carbocycles. The zero-order valence-corrected chi connectivity index (χ0v) is 17.7. The second kappa shape index (κ2) is 7.38. The summed E-state index contributed by atoms with van der Waals surface area (Å²) in [5.41, 5.74) is 9.22. The Morgan fingerprint density at radius 3 is 2.62 bits per heavy atom. The van der Waals surface area contributed by atoms with Crippen LogP contribution in [-0.2, 0) is 13.0 Å². The molecule has 0 saturated carbocycles. The quantitative estimate of drug-likeness (QED) is 0.348. The van der Waals surface area contributed by atoms with Gasteiger partial charge in [-0.05, 0) is 78.9 Å². The van der Waals surface area contributed by atoms with Gasteiger partial charge in [0.15, 0.2) is 0 Å². The van der Waals surface area contributed by atoms with Crippen molar-refractivity contribution in [1.82, 2.24) is 19.7 Å². The van der Waals surface area contributed by atoms with E-state index in [2.05, 4.69) is 21.8 Å². The van der Waals surface area contributed by atoms with Crippen LogP contribution in [0.2, 0.25) is 0 Å². The number of hydrogen-bond acceptors (Lipinski definition) is 3. The highest BCUT2D eigenvalue weighted by Gasteiger charge is 2.25. The predicted molar refractivity (Wildman–Crippen MR) is 125 cm³/mol. The third kappa shape index (κ3) is 3.09. The zero-order chi connectivity index (χ0) is 21.7. The standard InChI is InChI=1S/C27H21FN4/c1-17-4-2-5-24(30-17)27-26(25-6-3-15-32(25)31-27)21-13-14-29-23-12-9-19(16-22(21)23)18-7-10-20(28)11-8-18/h2,4-5,7-14,16H,3,6,15H2,1H3. The first kappa shape index (κ1) is 18.9. The van der Waals surface area contributed by atoms with E-state index in [9.17, 15) is 4.39 Å². The van der Waals surface area contributed by atoms with Gasteiger partial charge in [0.2, 0.25) is 0 Å². The molecule has 4 heterocycles. The maximum Gasteiger partial charge on any atom is 0.123 e. The second-order valence-corrected chi connectivity index (χ2v) is 8.26. The van der Waals surface area contributed by atoms with Gasteiger partial charge in [0.25, 0.3) is 0 Å². The monoisotopic (exact) mass is 420 g/mol. The number of halogens is 1. The van der Waals surface area contributed by atoms with Crippen LogP contribution in [0.1, 0.15) is 17.8 Å². The lowest BCUT2D eigenvalue weighted by molar-refractivity contribution is 0.628. The molecule has 5 heteroatoms. The summed E-state index contributed by atoms with van der Waals surface area (Å²) in [7, 11) is 0. The van der Waals surface area contributed by atoms with E-state index in [1.54, 1.807) is 0 Å². The Morgan fingerprint density at radius 1 is 0.938 bits per heavy atom. The number of rotatable bonds is 3. The molecule has 1 aliphatic rings. The Bertz CT molecular complexity index is 1470. The smallest absolute Gasteiger partial charge is 0.123 e. The molecule has 5 aromatic rings. The maximum absolute atomic E-state index is 13.4. The van der Waals surface area contributed by atoms with Crippen molar-refractivity contribution in [2.75, 3.05) is 0 Å². The van der Waals surface area contributed by atoms with Crippen molar-refractivity contribution in [2.45, 2.75) is 26.3 Å². The molecule has 156 valence electrons. The second-order valence-electron chi connectivity index (χ2n) is 8.26. The summed E-state index contributed by atoms with van der Waals surface area (Å²) >= 11 is 0. The van der Waals surface area contributed by atoms with E-state index < -0.39 is 0 Å². The number of aryl methyl sites for hydroxylation is 2. The predicted octanol–water partition coefficient (Wildman–Crippen LogP) is 6.22. The van der Waals surface area contributed by atoms with Gasteiger partial charge in [-0.1, -0.05) is 24.3 Å². The first-order valence-corrected chi connectivity index (χ1v) is 10.9. The lowest BCUT2D eigenvalue weighted by atomic mass is 9.94. The van der Waals surface area contributed by atoms with E-state index in [4.69, 9.17) is 10.1 Å². The van der Waals surface area contributed by atoms with E-state index in [0.29, 0.717) is 0 Å². The highest BCUT2D eigenvalue weighted by Crippen LogP contribution is 2.40. The molecule has 0 bridgehead atoms. The Labute approximate surface area is 185 Å². The summed E-state index contributed by atoms with van der Waals surface area (Å²) in [6.07, 6.45) is 3.96. The van der Waals surface area contributed by atoms with Crippen LogP contribution >= 0.6 is 0 Å². The van der Waals surface area contributed by atoms with Crippen LogP contribution in [0.15, 0.2) is 72.9 Å². The van der Waals surface area contributed by atoms with Crippen LogP contribution in [0.4, 0.5) is 4.39 Å². The van der Waals surface area contributed by atoms with Crippen LogP contribution in [0.5, 0.6) is 0 Å². The summed E-state index contributed by atoms with van der Waals surface area (Å²) in [6.45, 7) is 2.93. The van der Waals surface area contributed by atoms with Crippen molar-refractivity contribution in [3.63, 3.8) is 0 Å². The maximum atomic E-state index is 13.4. The molecule has 0 fully saturated rings. The molecule has 0 amide bonds. The van der Waals surface area contributed by atoms with Gasteiger partial charge in [-0.2, -0.15) is 5.10 Å². The molecule has 32 heavy (non-hydrogen) atoms. The average molecular weight is 420 g/mol. The first-order chi connectivity index (χ1) is 15.7. The normalized spacial score (nSPS) is 12.9. The Kier molecular flexibility index (Phi) is 4.35. The van der Waals surface area contributed by atoms with E-state index in [1.165, 1.54) is 17.8 Å². The number of aromatic nitrogens is 4. The topological polar surface area (TPSA) is 43.6 Å². The van der Waals surface area contributed by atoms with Crippen molar-refractivity contribution in [1.29, 1.82) is 0 Å². The molecule has 4 nitrogen and oxygen atoms in total. The van der Waals surface area contributed by atoms with Crippen molar-refractivity contribution in [3.05, 3.63) is 90.1 Å². The van der Waals surface area contributed by atoms with Gasteiger partial charge >= 0.3 is 0 Å². The van der Waals surface area contributed by atoms with Crippen molar-refractivity contribution in [2.24, 2.45) is 0 Å². The SMILES string of the molecule is Cc1cccc(-c2nn3c(c2-c2ccnc4ccc(-c5ccc(F)cc5)cc24)CCC3)n1. The molecule has 0 saturated heterocycles. The molecular formula is C27H21FN4. The van der Waals surface area contributed by atoms with E-state index in [1.807, 2.05) is 55.6 Å². The molecule has 0 atom stereocenters. The van der Waals surface area contributed by atoms with E-state index in [0.717, 1.165) is 69.6 Å². The highest BCUT2D eigenvalue weighted by atomic mass is 19.1. The minimum atomic E-state index is -0.234. The third-order valence-corrected chi connectivity index (χ3v) is 6.16. The van der Waals surface area contributed by atoms with Gasteiger partial charge in [0, 0.05) is 35.1 Å².